The van der Waals surface area contributed by atoms with Gasteiger partial charge < -0.3 is 5.11 Å². The van der Waals surface area contributed by atoms with Crippen LogP contribution in [-0.4, -0.2) is 16.5 Å². The molecule has 0 radical (unpaired) electrons. The molecule has 0 aliphatic heterocycles. The van der Waals surface area contributed by atoms with Crippen LogP contribution in [0.2, 0.25) is 0 Å². The first-order valence-electron chi connectivity index (χ1n) is 11.6. The van der Waals surface area contributed by atoms with E-state index in [4.69, 9.17) is 6.85 Å². The van der Waals surface area contributed by atoms with Gasteiger partial charge in [0.25, 0.3) is 0 Å². The zero-order valence-electron chi connectivity index (χ0n) is 19.7. The fourth-order valence-electron chi connectivity index (χ4n) is 6.37. The topological polar surface area (TPSA) is 37.3 Å². The summed E-state index contributed by atoms with van der Waals surface area (Å²) in [7, 11) is 0. The molecule has 0 aromatic heterocycles. The molecule has 23 heavy (non-hydrogen) atoms. The van der Waals surface area contributed by atoms with Crippen molar-refractivity contribution in [3.63, 3.8) is 0 Å². The van der Waals surface area contributed by atoms with E-state index in [0.717, 1.165) is 19.3 Å². The normalized spacial score (nSPS) is 63.7. The van der Waals surface area contributed by atoms with Crippen LogP contribution < -0.4 is 0 Å². The highest BCUT2D eigenvalue weighted by atomic mass is 16.3. The molecule has 0 aromatic rings. The van der Waals surface area contributed by atoms with Crippen LogP contribution in [0.1, 0.15) is 79.4 Å². The highest BCUT2D eigenvalue weighted by Gasteiger charge is 2.63. The molecule has 0 heterocycles. The number of rotatable bonds is 0. The van der Waals surface area contributed by atoms with Crippen molar-refractivity contribution in [1.29, 1.82) is 0 Å². The number of aliphatic hydroxyl groups is 1. The van der Waals surface area contributed by atoms with E-state index in [9.17, 15) is 9.90 Å². The van der Waals surface area contributed by atoms with Gasteiger partial charge in [0.15, 0.2) is 5.78 Å². The van der Waals surface area contributed by atoms with E-state index in [1.54, 1.807) is 0 Å². The third-order valence-corrected chi connectivity index (χ3v) is 8.09. The number of hydrogen-bond acceptors (Lipinski definition) is 2. The van der Waals surface area contributed by atoms with Gasteiger partial charge in [-0.05, 0) is 86.0 Å². The van der Waals surface area contributed by atoms with Crippen LogP contribution in [-0.2, 0) is 4.79 Å². The molecular weight excluding hydrogens is 284 g/mol. The average Bonchev–Trinajstić information content (AvgIpc) is 2.79. The molecule has 1 N–H and O–H groups in total. The first-order valence-corrected chi connectivity index (χ1v) is 9.10. The second-order valence-electron chi connectivity index (χ2n) is 9.09. The molecule has 0 amide bonds. The van der Waals surface area contributed by atoms with Gasteiger partial charge in [-0.25, -0.2) is 0 Å². The Hall–Kier alpha value is -0.630. The first kappa shape index (κ1) is 11.1. The van der Waals surface area contributed by atoms with Crippen LogP contribution in [0, 0.1) is 34.5 Å². The van der Waals surface area contributed by atoms with Crippen LogP contribution in [0.3, 0.4) is 0 Å². The number of carbonyl (C=O) groups excluding carboxylic acids is 1. The van der Waals surface area contributed by atoms with E-state index in [1.165, 1.54) is 0 Å². The number of fused-ring (bicyclic) bond motifs is 5. The van der Waals surface area contributed by atoms with Gasteiger partial charge in [-0.3, -0.25) is 4.79 Å². The lowest BCUT2D eigenvalue weighted by Crippen LogP contribution is -2.55. The van der Waals surface area contributed by atoms with Crippen molar-refractivity contribution in [2.75, 3.05) is 0 Å². The molecule has 4 aliphatic rings. The summed E-state index contributed by atoms with van der Waals surface area (Å²) in [6.45, 7) is 7.82. The lowest BCUT2D eigenvalue weighted by atomic mass is 9.44. The highest BCUT2D eigenvalue weighted by molar-refractivity contribution is 5.91. The Morgan fingerprint density at radius 2 is 1.91 bits per heavy atom. The third-order valence-electron chi connectivity index (χ3n) is 8.09. The summed E-state index contributed by atoms with van der Waals surface area (Å²) in [5, 5.41) is 11.1. The highest BCUT2D eigenvalue weighted by Crippen LogP contribution is 2.68. The molecule has 0 saturated heterocycles. The molecule has 0 unspecified atom stereocenters. The molecule has 4 rings (SSSR count). The van der Waals surface area contributed by atoms with E-state index in [2.05, 4.69) is 6.92 Å². The molecule has 0 spiro atoms. The fraction of sp³-hybridized carbons (Fsp3) is 0.857. The third kappa shape index (κ3) is 1.94. The molecule has 3 saturated carbocycles. The van der Waals surface area contributed by atoms with Crippen LogP contribution in [0.4, 0.5) is 0 Å². The minimum absolute atomic E-state index is 0.00766. The Labute approximate surface area is 147 Å². The molecule has 2 nitrogen and oxygen atoms in total. The molecule has 0 bridgehead atoms. The molecule has 128 valence electrons. The molecule has 2 heteroatoms. The summed E-state index contributed by atoms with van der Waals surface area (Å²) in [5.41, 5.74) is -1.67. The van der Waals surface area contributed by atoms with Gasteiger partial charge in [-0.15, -0.1) is 0 Å². The van der Waals surface area contributed by atoms with E-state index in [1.807, 2.05) is 20.8 Å². The Bertz CT molecular complexity index is 773. The standard InChI is InChI=1S/C21H32O2/c1-13-11-14-12-15(22)5-8-19(14,2)16-6-9-20(3)17(18(13)16)7-10-21(20,4)23/h12-13,16-18,23H,5-11H2,1-4H3/t13-,16-,17-,18+,19-,20-,21-/m0/s1/i5D2,11D2,12D. The summed E-state index contributed by atoms with van der Waals surface area (Å²) in [6, 6.07) is -0.444. The number of hydrogen-bond donors (Lipinski definition) is 1. The van der Waals surface area contributed by atoms with Crippen molar-refractivity contribution < 1.29 is 16.8 Å². The predicted molar refractivity (Wildman–Crippen MR) is 91.9 cm³/mol. The van der Waals surface area contributed by atoms with E-state index in [-0.39, 0.29) is 41.1 Å². The van der Waals surface area contributed by atoms with Crippen LogP contribution in [0.5, 0.6) is 0 Å². The largest absolute Gasteiger partial charge is 0.390 e. The number of allylic oxidation sites excluding steroid dienone is 1. The molecule has 4 aliphatic carbocycles. The van der Waals surface area contributed by atoms with E-state index < -0.39 is 35.6 Å². The lowest BCUT2D eigenvalue weighted by Gasteiger charge is -2.60. The maximum absolute atomic E-state index is 12.5. The van der Waals surface area contributed by atoms with E-state index in [0.29, 0.717) is 6.42 Å². The Kier molecular flexibility index (Phi) is 2.27. The van der Waals surface area contributed by atoms with Crippen molar-refractivity contribution in [2.24, 2.45) is 34.5 Å². The van der Waals surface area contributed by atoms with Gasteiger partial charge in [0.2, 0.25) is 0 Å². The van der Waals surface area contributed by atoms with Crippen molar-refractivity contribution in [2.45, 2.75) is 78.1 Å². The van der Waals surface area contributed by atoms with Crippen LogP contribution in [0.15, 0.2) is 11.6 Å². The first-order chi connectivity index (χ1) is 12.6. The minimum Gasteiger partial charge on any atom is -0.390 e. The number of carbonyl (C=O) groups is 1. The van der Waals surface area contributed by atoms with Crippen molar-refractivity contribution in [3.8, 4) is 0 Å². The van der Waals surface area contributed by atoms with Gasteiger partial charge >= 0.3 is 0 Å². The minimum atomic E-state index is -2.13. The predicted octanol–water partition coefficient (Wildman–Crippen LogP) is 4.52. The maximum atomic E-state index is 12.5. The van der Waals surface area contributed by atoms with Gasteiger partial charge in [0, 0.05) is 11.9 Å². The maximum Gasteiger partial charge on any atom is 0.155 e. The summed E-state index contributed by atoms with van der Waals surface area (Å²) in [5.74, 6) is -1.05. The summed E-state index contributed by atoms with van der Waals surface area (Å²) in [4.78, 5) is 12.5. The van der Waals surface area contributed by atoms with Gasteiger partial charge in [-0.2, -0.15) is 0 Å². The van der Waals surface area contributed by atoms with E-state index >= 15 is 0 Å². The monoisotopic (exact) mass is 321 g/mol. The average molecular weight is 322 g/mol. The fourth-order valence-corrected chi connectivity index (χ4v) is 6.37. The van der Waals surface area contributed by atoms with Crippen molar-refractivity contribution >= 4 is 5.78 Å². The quantitative estimate of drug-likeness (QED) is 0.712. The van der Waals surface area contributed by atoms with Crippen LogP contribution >= 0.6 is 0 Å². The Balaban J connectivity index is 1.90. The Morgan fingerprint density at radius 1 is 1.22 bits per heavy atom. The second kappa shape index (κ2) is 4.71. The van der Waals surface area contributed by atoms with Gasteiger partial charge in [-0.1, -0.05) is 26.3 Å². The van der Waals surface area contributed by atoms with Gasteiger partial charge in [0.1, 0.15) is 0 Å². The second-order valence-corrected chi connectivity index (χ2v) is 9.09. The Morgan fingerprint density at radius 3 is 2.65 bits per heavy atom. The van der Waals surface area contributed by atoms with Crippen molar-refractivity contribution in [1.82, 2.24) is 0 Å². The smallest absolute Gasteiger partial charge is 0.155 e. The summed E-state index contributed by atoms with van der Waals surface area (Å²) >= 11 is 0. The lowest BCUT2D eigenvalue weighted by molar-refractivity contribution is -0.132. The zero-order valence-corrected chi connectivity index (χ0v) is 14.7. The summed E-state index contributed by atoms with van der Waals surface area (Å²) in [6.07, 6.45) is -0.871. The summed E-state index contributed by atoms with van der Waals surface area (Å²) < 4.78 is 42.7. The number of ketones is 1. The molecule has 3 fully saturated rings. The molecule has 7 atom stereocenters. The molecule has 0 aromatic carbocycles. The van der Waals surface area contributed by atoms with Crippen molar-refractivity contribution in [3.05, 3.63) is 11.6 Å². The SMILES string of the molecule is [2H]C1=C2C([2H])([2H])[C@H](C)[C@@H]3[C@H](CC[C@@]4(C)[C@H]3CC[C@]4(C)O)[C@@]2(C)CC([2H])([2H])C1=O. The zero-order chi connectivity index (χ0) is 21.1. The van der Waals surface area contributed by atoms with Gasteiger partial charge in [0.05, 0.1) is 6.97 Å². The van der Waals surface area contributed by atoms with Crippen LogP contribution in [0.25, 0.3) is 0 Å². The molecular formula is C21H32O2.